The van der Waals surface area contributed by atoms with Crippen molar-refractivity contribution < 1.29 is 14.3 Å². The molecule has 1 spiro atoms. The second-order valence-corrected chi connectivity index (χ2v) is 5.27. The first-order valence-corrected chi connectivity index (χ1v) is 6.08. The molecule has 3 fully saturated rings. The van der Waals surface area contributed by atoms with Gasteiger partial charge in [-0.1, -0.05) is 12.8 Å². The summed E-state index contributed by atoms with van der Waals surface area (Å²) >= 11 is 0. The van der Waals surface area contributed by atoms with Gasteiger partial charge in [-0.25, -0.2) is 4.79 Å². The molecule has 0 aromatic carbocycles. The molecule has 1 aliphatic heterocycles. The number of carbonyl (C=O) groups excluding carboxylic acids is 1. The van der Waals surface area contributed by atoms with Crippen LogP contribution in [0.1, 0.15) is 39.0 Å². The van der Waals surface area contributed by atoms with Crippen molar-refractivity contribution in [3.63, 3.8) is 0 Å². The number of rotatable bonds is 2. The molecule has 2 aliphatic carbocycles. The van der Waals surface area contributed by atoms with E-state index < -0.39 is 0 Å². The molecule has 3 heteroatoms. The normalized spacial score (nSPS) is 46.9. The van der Waals surface area contributed by atoms with Crippen LogP contribution >= 0.6 is 0 Å². The van der Waals surface area contributed by atoms with Gasteiger partial charge >= 0.3 is 5.97 Å². The summed E-state index contributed by atoms with van der Waals surface area (Å²) in [5.74, 6) is 1.48. The molecule has 1 heterocycles. The van der Waals surface area contributed by atoms with Gasteiger partial charge in [-0.2, -0.15) is 0 Å². The Labute approximate surface area is 90.1 Å². The van der Waals surface area contributed by atoms with Crippen LogP contribution in [0.3, 0.4) is 0 Å². The van der Waals surface area contributed by atoms with Crippen LogP contribution in [0.5, 0.6) is 0 Å². The van der Waals surface area contributed by atoms with E-state index in [2.05, 4.69) is 0 Å². The standard InChI is InChI=1S/C12H18O3/c1-2-14-11(13)10-12(15-10)6-8-3-4-9(5-8)7-12/h8-10H,2-7H2,1H3. The number of epoxide rings is 1. The zero-order valence-corrected chi connectivity index (χ0v) is 9.20. The SMILES string of the molecule is CCOC(=O)C1OC12CC1CCC(C1)C2. The largest absolute Gasteiger partial charge is 0.464 e. The predicted octanol–water partition coefficient (Wildman–Crippen LogP) is 1.90. The molecule has 0 amide bonds. The van der Waals surface area contributed by atoms with Crippen LogP contribution in [-0.4, -0.2) is 24.3 Å². The van der Waals surface area contributed by atoms with E-state index in [9.17, 15) is 4.79 Å². The van der Waals surface area contributed by atoms with Gasteiger partial charge in [0.15, 0.2) is 6.10 Å². The number of fused-ring (bicyclic) bond motifs is 2. The molecule has 3 rings (SSSR count). The van der Waals surface area contributed by atoms with Gasteiger partial charge in [0.2, 0.25) is 0 Å². The minimum Gasteiger partial charge on any atom is -0.464 e. The van der Waals surface area contributed by atoms with Crippen LogP contribution in [0.2, 0.25) is 0 Å². The van der Waals surface area contributed by atoms with Crippen molar-refractivity contribution in [3.8, 4) is 0 Å². The van der Waals surface area contributed by atoms with E-state index in [4.69, 9.17) is 9.47 Å². The van der Waals surface area contributed by atoms with Crippen molar-refractivity contribution in [2.24, 2.45) is 11.8 Å². The maximum absolute atomic E-state index is 11.6. The molecule has 0 N–H and O–H groups in total. The van der Waals surface area contributed by atoms with Gasteiger partial charge in [0.05, 0.1) is 6.61 Å². The summed E-state index contributed by atoms with van der Waals surface area (Å²) in [4.78, 5) is 11.6. The number of esters is 1. The first kappa shape index (κ1) is 9.64. The van der Waals surface area contributed by atoms with E-state index in [1.807, 2.05) is 6.92 Å². The minimum absolute atomic E-state index is 0.101. The van der Waals surface area contributed by atoms with Crippen molar-refractivity contribution in [1.82, 2.24) is 0 Å². The van der Waals surface area contributed by atoms with Crippen LogP contribution in [0.15, 0.2) is 0 Å². The van der Waals surface area contributed by atoms with Crippen molar-refractivity contribution >= 4 is 5.97 Å². The Morgan fingerprint density at radius 3 is 2.67 bits per heavy atom. The second-order valence-electron chi connectivity index (χ2n) is 5.27. The molecule has 0 aromatic heterocycles. The van der Waals surface area contributed by atoms with Crippen molar-refractivity contribution in [1.29, 1.82) is 0 Å². The Bertz CT molecular complexity index is 275. The fraction of sp³-hybridized carbons (Fsp3) is 0.917. The number of carbonyl (C=O) groups is 1. The van der Waals surface area contributed by atoms with Gasteiger partial charge in [0, 0.05) is 0 Å². The second kappa shape index (κ2) is 3.21. The van der Waals surface area contributed by atoms with E-state index in [0.29, 0.717) is 6.61 Å². The summed E-state index contributed by atoms with van der Waals surface area (Å²) in [5, 5.41) is 0. The maximum Gasteiger partial charge on any atom is 0.338 e. The molecule has 3 aliphatic rings. The zero-order chi connectivity index (χ0) is 10.5. The lowest BCUT2D eigenvalue weighted by Crippen LogP contribution is -2.29. The maximum atomic E-state index is 11.6. The van der Waals surface area contributed by atoms with Crippen LogP contribution < -0.4 is 0 Å². The number of hydrogen-bond donors (Lipinski definition) is 0. The summed E-state index contributed by atoms with van der Waals surface area (Å²) in [6.07, 6.45) is 5.98. The van der Waals surface area contributed by atoms with Gasteiger partial charge in [-0.3, -0.25) is 0 Å². The Morgan fingerprint density at radius 1 is 1.40 bits per heavy atom. The van der Waals surface area contributed by atoms with Crippen LogP contribution in [0.4, 0.5) is 0 Å². The Kier molecular flexibility index (Phi) is 2.06. The lowest BCUT2D eigenvalue weighted by atomic mass is 9.79. The summed E-state index contributed by atoms with van der Waals surface area (Å²) in [7, 11) is 0. The molecule has 2 saturated carbocycles. The highest BCUT2D eigenvalue weighted by molar-refractivity contribution is 5.79. The third-order valence-electron chi connectivity index (χ3n) is 4.19. The Hall–Kier alpha value is -0.570. The van der Waals surface area contributed by atoms with E-state index in [0.717, 1.165) is 24.7 Å². The summed E-state index contributed by atoms with van der Waals surface area (Å²) < 4.78 is 10.7. The summed E-state index contributed by atoms with van der Waals surface area (Å²) in [5.41, 5.74) is -0.101. The van der Waals surface area contributed by atoms with Gasteiger partial charge in [-0.05, 0) is 38.0 Å². The average Bonchev–Trinajstić information content (AvgIpc) is 2.77. The van der Waals surface area contributed by atoms with Crippen molar-refractivity contribution in [3.05, 3.63) is 0 Å². The monoisotopic (exact) mass is 210 g/mol. The number of hydrogen-bond acceptors (Lipinski definition) is 3. The van der Waals surface area contributed by atoms with E-state index in [-0.39, 0.29) is 17.7 Å². The topological polar surface area (TPSA) is 38.8 Å². The lowest BCUT2D eigenvalue weighted by Gasteiger charge is -2.24. The lowest BCUT2D eigenvalue weighted by molar-refractivity contribution is -0.144. The van der Waals surface area contributed by atoms with Crippen LogP contribution in [-0.2, 0) is 14.3 Å². The highest BCUT2D eigenvalue weighted by atomic mass is 16.7. The van der Waals surface area contributed by atoms with Gasteiger partial charge < -0.3 is 9.47 Å². The van der Waals surface area contributed by atoms with Crippen molar-refractivity contribution in [2.45, 2.75) is 50.7 Å². The smallest absolute Gasteiger partial charge is 0.338 e. The zero-order valence-electron chi connectivity index (χ0n) is 9.20. The molecule has 1 saturated heterocycles. The van der Waals surface area contributed by atoms with Crippen LogP contribution in [0, 0.1) is 11.8 Å². The quantitative estimate of drug-likeness (QED) is 0.516. The van der Waals surface area contributed by atoms with E-state index >= 15 is 0 Å². The van der Waals surface area contributed by atoms with Gasteiger partial charge in [-0.15, -0.1) is 0 Å². The highest BCUT2D eigenvalue weighted by Gasteiger charge is 2.65. The summed E-state index contributed by atoms with van der Waals surface area (Å²) in [6, 6.07) is 0. The van der Waals surface area contributed by atoms with Crippen molar-refractivity contribution in [2.75, 3.05) is 6.61 Å². The third kappa shape index (κ3) is 1.48. The molecule has 0 radical (unpaired) electrons. The predicted molar refractivity (Wildman–Crippen MR) is 54.3 cm³/mol. The molecule has 3 unspecified atom stereocenters. The first-order valence-electron chi connectivity index (χ1n) is 6.08. The van der Waals surface area contributed by atoms with Crippen LogP contribution in [0.25, 0.3) is 0 Å². The van der Waals surface area contributed by atoms with E-state index in [1.165, 1.54) is 19.3 Å². The minimum atomic E-state index is -0.235. The van der Waals surface area contributed by atoms with Gasteiger partial charge in [0.25, 0.3) is 0 Å². The first-order chi connectivity index (χ1) is 7.23. The molecular weight excluding hydrogens is 192 g/mol. The van der Waals surface area contributed by atoms with Gasteiger partial charge in [0.1, 0.15) is 5.60 Å². The molecule has 15 heavy (non-hydrogen) atoms. The molecule has 0 aromatic rings. The molecule has 3 nitrogen and oxygen atoms in total. The number of ether oxygens (including phenoxy) is 2. The van der Waals surface area contributed by atoms with E-state index in [1.54, 1.807) is 0 Å². The highest BCUT2D eigenvalue weighted by Crippen LogP contribution is 2.57. The fourth-order valence-corrected chi connectivity index (χ4v) is 3.60. The molecule has 3 atom stereocenters. The molecule has 2 bridgehead atoms. The molecule has 84 valence electrons. The molecular formula is C12H18O3. The average molecular weight is 210 g/mol. The Morgan fingerprint density at radius 2 is 2.07 bits per heavy atom. The summed E-state index contributed by atoms with van der Waals surface area (Å²) in [6.45, 7) is 2.30. The Balaban J connectivity index is 1.66. The third-order valence-corrected chi connectivity index (χ3v) is 4.19. The fourth-order valence-electron chi connectivity index (χ4n) is 3.60.